The number of amides is 1. The minimum atomic E-state index is -0.482. The smallest absolute Gasteiger partial charge is 0.291 e. The molecule has 146 valence electrons. The molecule has 0 saturated carbocycles. The first kappa shape index (κ1) is 18.6. The molecule has 1 atom stereocenters. The van der Waals surface area contributed by atoms with E-state index in [2.05, 4.69) is 26.2 Å². The quantitative estimate of drug-likeness (QED) is 0.604. The highest BCUT2D eigenvalue weighted by molar-refractivity contribution is 6.34. The molecule has 1 fully saturated rings. The number of carbonyl (C=O) groups excluding carboxylic acids is 1. The molecule has 9 nitrogen and oxygen atoms in total. The molecular weight excluding hydrogens is 386 g/mol. The van der Waals surface area contributed by atoms with Crippen molar-refractivity contribution in [2.24, 2.45) is 0 Å². The fraction of sp³-hybridized carbons (Fsp3) is 0.333. The number of hydrogen-bond donors (Lipinski definition) is 2. The van der Waals surface area contributed by atoms with Crippen molar-refractivity contribution in [1.82, 2.24) is 20.8 Å². The van der Waals surface area contributed by atoms with Gasteiger partial charge in [0.15, 0.2) is 28.7 Å². The SMILES string of the molecule is O=C(NNc1nnc(Cl)c2ccccc12)c1cc(COC2CCCCO2)on1. The summed E-state index contributed by atoms with van der Waals surface area (Å²) in [4.78, 5) is 12.3. The largest absolute Gasteiger partial charge is 0.358 e. The third-order valence-electron chi connectivity index (χ3n) is 4.28. The third-order valence-corrected chi connectivity index (χ3v) is 4.56. The zero-order chi connectivity index (χ0) is 19.3. The molecule has 10 heteroatoms. The van der Waals surface area contributed by atoms with Gasteiger partial charge in [0.25, 0.3) is 5.91 Å². The van der Waals surface area contributed by atoms with Crippen LogP contribution < -0.4 is 10.9 Å². The van der Waals surface area contributed by atoms with Crippen LogP contribution in [0.2, 0.25) is 5.15 Å². The number of rotatable bonds is 6. The van der Waals surface area contributed by atoms with Crippen LogP contribution in [0, 0.1) is 0 Å². The van der Waals surface area contributed by atoms with Gasteiger partial charge >= 0.3 is 0 Å². The summed E-state index contributed by atoms with van der Waals surface area (Å²) in [5, 5.41) is 13.3. The van der Waals surface area contributed by atoms with E-state index in [4.69, 9.17) is 25.6 Å². The number of nitrogens with one attached hydrogen (secondary N) is 2. The van der Waals surface area contributed by atoms with Crippen molar-refractivity contribution in [2.75, 3.05) is 12.0 Å². The van der Waals surface area contributed by atoms with Crippen molar-refractivity contribution in [2.45, 2.75) is 32.2 Å². The van der Waals surface area contributed by atoms with Crippen LogP contribution in [0.25, 0.3) is 10.8 Å². The first-order valence-corrected chi connectivity index (χ1v) is 9.24. The molecule has 0 bridgehead atoms. The molecule has 1 aliphatic rings. The second-order valence-electron chi connectivity index (χ2n) is 6.25. The van der Waals surface area contributed by atoms with Crippen LogP contribution in [0.4, 0.5) is 5.82 Å². The molecule has 2 aromatic heterocycles. The minimum absolute atomic E-state index is 0.113. The molecular formula is C18H18ClN5O4. The molecule has 4 rings (SSSR count). The maximum atomic E-state index is 12.3. The first-order chi connectivity index (χ1) is 13.7. The van der Waals surface area contributed by atoms with E-state index in [1.165, 1.54) is 6.07 Å². The number of benzene rings is 1. The van der Waals surface area contributed by atoms with Crippen molar-refractivity contribution < 1.29 is 18.8 Å². The van der Waals surface area contributed by atoms with E-state index < -0.39 is 5.91 Å². The van der Waals surface area contributed by atoms with Gasteiger partial charge < -0.3 is 14.0 Å². The minimum Gasteiger partial charge on any atom is -0.358 e. The molecule has 0 spiro atoms. The van der Waals surface area contributed by atoms with Gasteiger partial charge in [0.05, 0.1) is 0 Å². The van der Waals surface area contributed by atoms with Crippen LogP contribution in [-0.4, -0.2) is 34.2 Å². The lowest BCUT2D eigenvalue weighted by atomic mass is 10.2. The molecule has 3 aromatic rings. The van der Waals surface area contributed by atoms with Crippen LogP contribution in [0.15, 0.2) is 34.9 Å². The van der Waals surface area contributed by atoms with Crippen molar-refractivity contribution in [3.63, 3.8) is 0 Å². The Bertz CT molecular complexity index is 974. The number of anilines is 1. The number of fused-ring (bicyclic) bond motifs is 1. The zero-order valence-electron chi connectivity index (χ0n) is 14.9. The third kappa shape index (κ3) is 4.22. The zero-order valence-corrected chi connectivity index (χ0v) is 15.6. The molecule has 0 aliphatic carbocycles. The Labute approximate surface area is 165 Å². The lowest BCUT2D eigenvalue weighted by Crippen LogP contribution is -2.30. The van der Waals surface area contributed by atoms with E-state index in [1.54, 1.807) is 0 Å². The number of carbonyl (C=O) groups is 1. The first-order valence-electron chi connectivity index (χ1n) is 8.87. The molecule has 3 heterocycles. The van der Waals surface area contributed by atoms with Gasteiger partial charge in [-0.3, -0.25) is 15.6 Å². The van der Waals surface area contributed by atoms with Crippen LogP contribution in [0.3, 0.4) is 0 Å². The summed E-state index contributed by atoms with van der Waals surface area (Å²) < 4.78 is 16.3. The normalized spacial score (nSPS) is 16.8. The van der Waals surface area contributed by atoms with Gasteiger partial charge in [-0.25, -0.2) is 0 Å². The molecule has 28 heavy (non-hydrogen) atoms. The number of nitrogens with zero attached hydrogens (tertiary/aromatic N) is 3. The molecule has 0 radical (unpaired) electrons. The Morgan fingerprint density at radius 1 is 1.25 bits per heavy atom. The van der Waals surface area contributed by atoms with E-state index in [9.17, 15) is 4.79 Å². The second kappa shape index (κ2) is 8.51. The maximum Gasteiger partial charge on any atom is 0.291 e. The lowest BCUT2D eigenvalue weighted by molar-refractivity contribution is -0.171. The summed E-state index contributed by atoms with van der Waals surface area (Å²) in [5.74, 6) is 0.329. The van der Waals surface area contributed by atoms with Crippen molar-refractivity contribution in [3.8, 4) is 0 Å². The van der Waals surface area contributed by atoms with Crippen molar-refractivity contribution in [1.29, 1.82) is 0 Å². The predicted octanol–water partition coefficient (Wildman–Crippen LogP) is 3.07. The summed E-state index contributed by atoms with van der Waals surface area (Å²) in [6.07, 6.45) is 2.73. The average molecular weight is 404 g/mol. The van der Waals surface area contributed by atoms with Crippen LogP contribution >= 0.6 is 11.6 Å². The van der Waals surface area contributed by atoms with Gasteiger partial charge in [-0.1, -0.05) is 41.0 Å². The van der Waals surface area contributed by atoms with Crippen molar-refractivity contribution >= 4 is 34.1 Å². The van der Waals surface area contributed by atoms with Gasteiger partial charge in [0.2, 0.25) is 0 Å². The fourth-order valence-corrected chi connectivity index (χ4v) is 3.05. The van der Waals surface area contributed by atoms with Gasteiger partial charge in [0.1, 0.15) is 6.61 Å². The Morgan fingerprint density at radius 3 is 2.93 bits per heavy atom. The highest BCUT2D eigenvalue weighted by atomic mass is 35.5. The summed E-state index contributed by atoms with van der Waals surface area (Å²) in [7, 11) is 0. The van der Waals surface area contributed by atoms with E-state index in [-0.39, 0.29) is 23.7 Å². The van der Waals surface area contributed by atoms with Gasteiger partial charge in [-0.2, -0.15) is 0 Å². The van der Waals surface area contributed by atoms with Crippen LogP contribution in [-0.2, 0) is 16.1 Å². The monoisotopic (exact) mass is 403 g/mol. The van der Waals surface area contributed by atoms with Gasteiger partial charge in [-0.05, 0) is 19.3 Å². The van der Waals surface area contributed by atoms with Crippen LogP contribution in [0.1, 0.15) is 35.5 Å². The molecule has 1 saturated heterocycles. The Balaban J connectivity index is 1.36. The van der Waals surface area contributed by atoms with Crippen molar-refractivity contribution in [3.05, 3.63) is 46.9 Å². The highest BCUT2D eigenvalue weighted by Crippen LogP contribution is 2.25. The molecule has 1 amide bonds. The topological polar surface area (TPSA) is 111 Å². The highest BCUT2D eigenvalue weighted by Gasteiger charge is 2.17. The molecule has 1 unspecified atom stereocenters. The molecule has 2 N–H and O–H groups in total. The van der Waals surface area contributed by atoms with E-state index in [0.29, 0.717) is 18.2 Å². The Morgan fingerprint density at radius 2 is 2.11 bits per heavy atom. The summed E-state index contributed by atoms with van der Waals surface area (Å²) in [6.45, 7) is 0.883. The standard InChI is InChI=1S/C18H18ClN5O4/c19-16-12-5-1-2-6-13(12)17(21-20-16)22-23-18(25)14-9-11(28-24-14)10-27-15-7-3-4-8-26-15/h1-2,5-6,9,15H,3-4,7-8,10H2,(H,21,22)(H,23,25). The number of aromatic nitrogens is 3. The van der Waals surface area contributed by atoms with Gasteiger partial charge in [-0.15, -0.1) is 10.2 Å². The number of halogens is 1. The summed E-state index contributed by atoms with van der Waals surface area (Å²) in [5.41, 5.74) is 5.38. The number of hydrogen-bond acceptors (Lipinski definition) is 8. The molecule has 1 aliphatic heterocycles. The predicted molar refractivity (Wildman–Crippen MR) is 101 cm³/mol. The maximum absolute atomic E-state index is 12.3. The van der Waals surface area contributed by atoms with E-state index >= 15 is 0 Å². The average Bonchev–Trinajstić information content (AvgIpc) is 3.22. The molecule has 1 aromatic carbocycles. The number of ether oxygens (including phenoxy) is 2. The summed E-state index contributed by atoms with van der Waals surface area (Å²) in [6, 6.07) is 8.84. The fourth-order valence-electron chi connectivity index (χ4n) is 2.85. The second-order valence-corrected chi connectivity index (χ2v) is 6.61. The Kier molecular flexibility index (Phi) is 5.65. The Hall–Kier alpha value is -2.75. The summed E-state index contributed by atoms with van der Waals surface area (Å²) >= 11 is 6.04. The van der Waals surface area contributed by atoms with E-state index in [1.807, 2.05) is 24.3 Å². The lowest BCUT2D eigenvalue weighted by Gasteiger charge is -2.21. The van der Waals surface area contributed by atoms with Gasteiger partial charge in [0, 0.05) is 23.4 Å². The van der Waals surface area contributed by atoms with Crippen LogP contribution in [0.5, 0.6) is 0 Å². The van der Waals surface area contributed by atoms with E-state index in [0.717, 1.165) is 30.0 Å². The number of hydrazine groups is 1.